The summed E-state index contributed by atoms with van der Waals surface area (Å²) in [6.07, 6.45) is 4.45. The summed E-state index contributed by atoms with van der Waals surface area (Å²) in [5.41, 5.74) is 0.690. The highest BCUT2D eigenvalue weighted by Gasteiger charge is 2.39. The molecule has 2 rings (SSSR count). The molecule has 1 atom stereocenters. The van der Waals surface area contributed by atoms with Gasteiger partial charge in [-0.1, -0.05) is 29.3 Å². The summed E-state index contributed by atoms with van der Waals surface area (Å²) in [6.45, 7) is 3.08. The Morgan fingerprint density at radius 1 is 1.50 bits per heavy atom. The van der Waals surface area contributed by atoms with Crippen molar-refractivity contribution in [3.8, 4) is 5.75 Å². The van der Waals surface area contributed by atoms with Crippen molar-refractivity contribution in [1.82, 2.24) is 5.32 Å². The molecule has 0 radical (unpaired) electrons. The zero-order chi connectivity index (χ0) is 14.6. The van der Waals surface area contributed by atoms with Crippen molar-refractivity contribution < 1.29 is 9.53 Å². The van der Waals surface area contributed by atoms with E-state index in [2.05, 4.69) is 28.2 Å². The summed E-state index contributed by atoms with van der Waals surface area (Å²) in [4.78, 5) is 12.8. The van der Waals surface area contributed by atoms with Crippen molar-refractivity contribution in [1.29, 1.82) is 0 Å². The number of halogens is 1. The maximum atomic E-state index is 12.8. The molecule has 1 aliphatic rings. The Kier molecular flexibility index (Phi) is 5.22. The van der Waals surface area contributed by atoms with Crippen molar-refractivity contribution in [2.24, 2.45) is 0 Å². The second kappa shape index (κ2) is 6.72. The molecule has 1 unspecified atom stereocenters. The summed E-state index contributed by atoms with van der Waals surface area (Å²) < 4.78 is 6.21. The molecule has 0 amide bonds. The van der Waals surface area contributed by atoms with Crippen LogP contribution in [0.15, 0.2) is 22.7 Å². The topological polar surface area (TPSA) is 38.3 Å². The first-order valence-electron chi connectivity index (χ1n) is 7.22. The molecule has 0 aliphatic carbocycles. The van der Waals surface area contributed by atoms with Gasteiger partial charge in [0.15, 0.2) is 5.78 Å². The standard InChI is InChI=1S/C16H22BrNO2/c1-3-7-16(8-4-9-18-16)15(19)11-12-10-13(20-2)5-6-14(12)17/h5-6,10,18H,3-4,7-9,11H2,1-2H3. The lowest BCUT2D eigenvalue weighted by molar-refractivity contribution is -0.124. The van der Waals surface area contributed by atoms with Gasteiger partial charge < -0.3 is 10.1 Å². The van der Waals surface area contributed by atoms with E-state index in [0.29, 0.717) is 12.2 Å². The number of ketones is 1. The van der Waals surface area contributed by atoms with Crippen LogP contribution in [0.3, 0.4) is 0 Å². The van der Waals surface area contributed by atoms with Crippen LogP contribution in [0.2, 0.25) is 0 Å². The van der Waals surface area contributed by atoms with Crippen LogP contribution in [0.5, 0.6) is 5.75 Å². The molecule has 1 N–H and O–H groups in total. The molecule has 20 heavy (non-hydrogen) atoms. The number of carbonyl (C=O) groups excluding carboxylic acids is 1. The summed E-state index contributed by atoms with van der Waals surface area (Å²) >= 11 is 3.53. The number of Topliss-reactive ketones (excluding diaryl/α,β-unsaturated/α-hetero) is 1. The Hall–Kier alpha value is -0.870. The Morgan fingerprint density at radius 2 is 2.30 bits per heavy atom. The Balaban J connectivity index is 2.18. The average molecular weight is 340 g/mol. The zero-order valence-electron chi connectivity index (χ0n) is 12.2. The number of carbonyl (C=O) groups is 1. The highest BCUT2D eigenvalue weighted by atomic mass is 79.9. The van der Waals surface area contributed by atoms with E-state index >= 15 is 0 Å². The van der Waals surface area contributed by atoms with Gasteiger partial charge in [-0.2, -0.15) is 0 Å². The van der Waals surface area contributed by atoms with Crippen LogP contribution >= 0.6 is 15.9 Å². The van der Waals surface area contributed by atoms with Gasteiger partial charge in [0, 0.05) is 10.9 Å². The Morgan fingerprint density at radius 3 is 2.90 bits per heavy atom. The SMILES string of the molecule is CCCC1(C(=O)Cc2cc(OC)ccc2Br)CCCN1. The molecular formula is C16H22BrNO2. The molecule has 3 nitrogen and oxygen atoms in total. The second-order valence-corrected chi connectivity index (χ2v) is 6.27. The van der Waals surface area contributed by atoms with Crippen LogP contribution in [0, 0.1) is 0 Å². The van der Waals surface area contributed by atoms with Gasteiger partial charge in [0.2, 0.25) is 0 Å². The summed E-state index contributed by atoms with van der Waals surface area (Å²) in [7, 11) is 1.64. The molecule has 1 aromatic rings. The van der Waals surface area contributed by atoms with Crippen LogP contribution in [-0.4, -0.2) is 25.0 Å². The minimum Gasteiger partial charge on any atom is -0.497 e. The lowest BCUT2D eigenvalue weighted by Crippen LogP contribution is -2.48. The van der Waals surface area contributed by atoms with Gasteiger partial charge in [-0.15, -0.1) is 0 Å². The van der Waals surface area contributed by atoms with Gasteiger partial charge in [0.25, 0.3) is 0 Å². The fraction of sp³-hybridized carbons (Fsp3) is 0.562. The van der Waals surface area contributed by atoms with Crippen molar-refractivity contribution in [3.05, 3.63) is 28.2 Å². The normalized spacial score (nSPS) is 21.9. The van der Waals surface area contributed by atoms with E-state index in [0.717, 1.165) is 48.0 Å². The quantitative estimate of drug-likeness (QED) is 0.862. The predicted molar refractivity (Wildman–Crippen MR) is 84.3 cm³/mol. The first-order chi connectivity index (χ1) is 9.61. The molecule has 0 saturated carbocycles. The van der Waals surface area contributed by atoms with Crippen LogP contribution in [-0.2, 0) is 11.2 Å². The number of ether oxygens (including phenoxy) is 1. The Labute approximate surface area is 129 Å². The highest BCUT2D eigenvalue weighted by Crippen LogP contribution is 2.29. The van der Waals surface area contributed by atoms with E-state index in [1.807, 2.05) is 18.2 Å². The van der Waals surface area contributed by atoms with Crippen molar-refractivity contribution in [2.75, 3.05) is 13.7 Å². The van der Waals surface area contributed by atoms with E-state index in [1.54, 1.807) is 7.11 Å². The van der Waals surface area contributed by atoms with Crippen LogP contribution < -0.4 is 10.1 Å². The van der Waals surface area contributed by atoms with Gasteiger partial charge >= 0.3 is 0 Å². The van der Waals surface area contributed by atoms with Gasteiger partial charge in [-0.05, 0) is 49.6 Å². The summed E-state index contributed by atoms with van der Waals surface area (Å²) in [6, 6.07) is 5.78. The van der Waals surface area contributed by atoms with Crippen molar-refractivity contribution in [3.63, 3.8) is 0 Å². The van der Waals surface area contributed by atoms with E-state index in [1.165, 1.54) is 0 Å². The van der Waals surface area contributed by atoms with Gasteiger partial charge in [-0.3, -0.25) is 4.79 Å². The van der Waals surface area contributed by atoms with Gasteiger partial charge in [0.1, 0.15) is 5.75 Å². The third-order valence-electron chi connectivity index (χ3n) is 4.06. The molecule has 1 heterocycles. The number of rotatable bonds is 6. The summed E-state index contributed by atoms with van der Waals surface area (Å²) in [5.74, 6) is 1.09. The molecular weight excluding hydrogens is 318 g/mol. The first-order valence-corrected chi connectivity index (χ1v) is 8.01. The minimum absolute atomic E-state index is 0.297. The molecule has 1 aromatic carbocycles. The largest absolute Gasteiger partial charge is 0.497 e. The molecule has 0 bridgehead atoms. The van der Waals surface area contributed by atoms with E-state index in [-0.39, 0.29) is 5.54 Å². The maximum absolute atomic E-state index is 12.8. The number of benzene rings is 1. The van der Waals surface area contributed by atoms with Crippen molar-refractivity contribution in [2.45, 2.75) is 44.6 Å². The van der Waals surface area contributed by atoms with Crippen LogP contribution in [0.1, 0.15) is 38.2 Å². The van der Waals surface area contributed by atoms with E-state index in [9.17, 15) is 4.79 Å². The number of nitrogens with one attached hydrogen (secondary N) is 1. The molecule has 4 heteroatoms. The third kappa shape index (κ3) is 3.23. The fourth-order valence-electron chi connectivity index (χ4n) is 2.98. The molecule has 0 aromatic heterocycles. The minimum atomic E-state index is -0.308. The monoisotopic (exact) mass is 339 g/mol. The van der Waals surface area contributed by atoms with Crippen molar-refractivity contribution >= 4 is 21.7 Å². The molecule has 1 aliphatic heterocycles. The molecule has 1 fully saturated rings. The summed E-state index contributed by atoms with van der Waals surface area (Å²) in [5, 5.41) is 3.44. The number of hydrogen-bond donors (Lipinski definition) is 1. The second-order valence-electron chi connectivity index (χ2n) is 5.42. The highest BCUT2D eigenvalue weighted by molar-refractivity contribution is 9.10. The fourth-order valence-corrected chi connectivity index (χ4v) is 3.37. The smallest absolute Gasteiger partial charge is 0.157 e. The first kappa shape index (κ1) is 15.5. The molecule has 1 saturated heterocycles. The Bertz CT molecular complexity index is 481. The van der Waals surface area contributed by atoms with Crippen LogP contribution in [0.4, 0.5) is 0 Å². The zero-order valence-corrected chi connectivity index (χ0v) is 13.8. The van der Waals surface area contributed by atoms with E-state index < -0.39 is 0 Å². The van der Waals surface area contributed by atoms with E-state index in [4.69, 9.17) is 4.74 Å². The van der Waals surface area contributed by atoms with Gasteiger partial charge in [0.05, 0.1) is 12.6 Å². The lowest BCUT2D eigenvalue weighted by Gasteiger charge is -2.28. The lowest BCUT2D eigenvalue weighted by atomic mass is 9.84. The predicted octanol–water partition coefficient (Wildman–Crippen LogP) is 3.49. The molecule has 110 valence electrons. The van der Waals surface area contributed by atoms with Crippen LogP contribution in [0.25, 0.3) is 0 Å². The van der Waals surface area contributed by atoms with Gasteiger partial charge in [-0.25, -0.2) is 0 Å². The average Bonchev–Trinajstić information content (AvgIpc) is 2.91. The third-order valence-corrected chi connectivity index (χ3v) is 4.83. The number of hydrogen-bond acceptors (Lipinski definition) is 3. The maximum Gasteiger partial charge on any atom is 0.157 e. The number of methoxy groups -OCH3 is 1. The molecule has 0 spiro atoms.